The van der Waals surface area contributed by atoms with E-state index in [0.29, 0.717) is 19.6 Å². The Bertz CT molecular complexity index is 486. The maximum Gasteiger partial charge on any atom is 0.305 e. The molecule has 0 amide bonds. The van der Waals surface area contributed by atoms with Crippen LogP contribution in [0.15, 0.2) is 0 Å². The largest absolute Gasteiger partial charge is 0.463 e. The number of hydrogen-bond acceptors (Lipinski definition) is 4. The van der Waals surface area contributed by atoms with E-state index in [2.05, 4.69) is 46.2 Å². The van der Waals surface area contributed by atoms with Crippen LogP contribution in [0.2, 0.25) is 39.3 Å². The Morgan fingerprint density at radius 3 is 1.34 bits per heavy atom. The summed E-state index contributed by atoms with van der Waals surface area (Å²) in [6, 6.07) is 0. The monoisotopic (exact) mass is 530 g/mol. The van der Waals surface area contributed by atoms with Crippen LogP contribution >= 0.6 is 0 Å². The Hall–Kier alpha value is -0.176. The van der Waals surface area contributed by atoms with Gasteiger partial charge in [-0.05, 0) is 45.7 Å². The molecule has 0 heterocycles. The van der Waals surface area contributed by atoms with E-state index in [9.17, 15) is 4.79 Å². The number of ether oxygens (including phenoxy) is 1. The van der Waals surface area contributed by atoms with Crippen molar-refractivity contribution in [3.05, 3.63) is 0 Å². The summed E-state index contributed by atoms with van der Waals surface area (Å²) in [5, 5.41) is 0. The first-order chi connectivity index (χ1) is 16.5. The fourth-order valence-electron chi connectivity index (χ4n) is 4.21. The van der Waals surface area contributed by atoms with Crippen LogP contribution in [0.1, 0.15) is 122 Å². The molecule has 0 saturated heterocycles. The third kappa shape index (κ3) is 28.2. The molecular weight excluding hydrogens is 468 g/mol. The Labute approximate surface area is 221 Å². The van der Waals surface area contributed by atoms with Crippen LogP contribution in [0.25, 0.3) is 0 Å². The van der Waals surface area contributed by atoms with Gasteiger partial charge in [0.2, 0.25) is 0 Å². The minimum atomic E-state index is -1.71. The highest BCUT2D eigenvalue weighted by Gasteiger charge is 2.25. The van der Waals surface area contributed by atoms with Crippen molar-refractivity contribution in [1.29, 1.82) is 0 Å². The van der Waals surface area contributed by atoms with Gasteiger partial charge in [0.25, 0.3) is 0 Å². The van der Waals surface area contributed by atoms with Gasteiger partial charge in [0.05, 0.1) is 6.61 Å². The predicted octanol–water partition coefficient (Wildman–Crippen LogP) is 9.64. The summed E-state index contributed by atoms with van der Waals surface area (Å²) >= 11 is 0. The van der Waals surface area contributed by atoms with E-state index in [0.717, 1.165) is 12.8 Å². The zero-order valence-electron chi connectivity index (χ0n) is 24.9. The lowest BCUT2D eigenvalue weighted by Crippen LogP contribution is -2.40. The van der Waals surface area contributed by atoms with E-state index in [-0.39, 0.29) is 12.1 Å². The van der Waals surface area contributed by atoms with Gasteiger partial charge in [-0.25, -0.2) is 0 Å². The summed E-state index contributed by atoms with van der Waals surface area (Å²) in [6.07, 6.45) is 23.3. The van der Waals surface area contributed by atoms with Crippen LogP contribution in [0.3, 0.4) is 0 Å². The zero-order valence-corrected chi connectivity index (χ0v) is 26.9. The Kier molecular flexibility index (Phi) is 21.8. The second-order valence-electron chi connectivity index (χ2n) is 12.4. The van der Waals surface area contributed by atoms with E-state index < -0.39 is 16.6 Å². The summed E-state index contributed by atoms with van der Waals surface area (Å²) in [4.78, 5) is 12.2. The molecule has 0 saturated carbocycles. The highest BCUT2D eigenvalue weighted by atomic mass is 28.4. The molecule has 0 radical (unpaired) electrons. The van der Waals surface area contributed by atoms with Gasteiger partial charge < -0.3 is 13.6 Å². The fourth-order valence-corrected chi connectivity index (χ4v) is 6.03. The predicted molar refractivity (Wildman–Crippen MR) is 157 cm³/mol. The second-order valence-corrected chi connectivity index (χ2v) is 21.3. The summed E-state index contributed by atoms with van der Waals surface area (Å²) < 4.78 is 17.7. The van der Waals surface area contributed by atoms with E-state index in [1.807, 2.05) is 0 Å². The highest BCUT2D eigenvalue weighted by molar-refractivity contribution is 6.70. The van der Waals surface area contributed by atoms with Crippen LogP contribution in [0, 0.1) is 0 Å². The minimum absolute atomic E-state index is 0.0943. The summed E-state index contributed by atoms with van der Waals surface area (Å²) in [5.74, 6) is -0.0943. The smallest absolute Gasteiger partial charge is 0.305 e. The molecule has 0 aliphatic carbocycles. The third-order valence-electron chi connectivity index (χ3n) is 6.14. The van der Waals surface area contributed by atoms with Gasteiger partial charge in [0, 0.05) is 6.42 Å². The molecule has 210 valence electrons. The number of unbranched alkanes of at least 4 members (excludes halogenated alkanes) is 16. The van der Waals surface area contributed by atoms with E-state index in [1.165, 1.54) is 96.3 Å². The molecule has 0 fully saturated rings. The molecule has 1 unspecified atom stereocenters. The lowest BCUT2D eigenvalue weighted by atomic mass is 10.0. The number of esters is 1. The van der Waals surface area contributed by atoms with Gasteiger partial charge in [-0.2, -0.15) is 0 Å². The van der Waals surface area contributed by atoms with Crippen molar-refractivity contribution in [2.75, 3.05) is 13.2 Å². The van der Waals surface area contributed by atoms with Crippen molar-refractivity contribution in [2.24, 2.45) is 0 Å². The summed E-state index contributed by atoms with van der Waals surface area (Å²) in [7, 11) is -3.32. The SMILES string of the molecule is CCCCCCCCCCCCCCCCCCCC(=O)OCC(CO[Si](C)(C)C)O[Si](C)(C)C. The van der Waals surface area contributed by atoms with Crippen LogP contribution in [0.4, 0.5) is 0 Å². The molecule has 0 spiro atoms. The average Bonchev–Trinajstić information content (AvgIpc) is 2.76. The lowest BCUT2D eigenvalue weighted by Gasteiger charge is -2.28. The molecule has 0 bridgehead atoms. The van der Waals surface area contributed by atoms with Crippen molar-refractivity contribution in [3.8, 4) is 0 Å². The van der Waals surface area contributed by atoms with Crippen LogP contribution < -0.4 is 0 Å². The van der Waals surface area contributed by atoms with Gasteiger partial charge in [-0.1, -0.05) is 110 Å². The molecule has 0 aromatic carbocycles. The second kappa shape index (κ2) is 21.9. The molecule has 0 N–H and O–H groups in total. The maximum atomic E-state index is 12.2. The van der Waals surface area contributed by atoms with Crippen LogP contribution in [0.5, 0.6) is 0 Å². The lowest BCUT2D eigenvalue weighted by molar-refractivity contribution is -0.146. The Balaban J connectivity index is 3.60. The van der Waals surface area contributed by atoms with Crippen molar-refractivity contribution < 1.29 is 18.4 Å². The highest BCUT2D eigenvalue weighted by Crippen LogP contribution is 2.15. The molecule has 6 heteroatoms. The maximum absolute atomic E-state index is 12.2. The van der Waals surface area contributed by atoms with Crippen molar-refractivity contribution >= 4 is 22.6 Å². The fraction of sp³-hybridized carbons (Fsp3) is 0.966. The molecule has 0 aromatic rings. The van der Waals surface area contributed by atoms with Crippen LogP contribution in [-0.2, 0) is 18.4 Å². The zero-order chi connectivity index (χ0) is 26.4. The minimum Gasteiger partial charge on any atom is -0.463 e. The van der Waals surface area contributed by atoms with E-state index >= 15 is 0 Å². The normalized spacial score (nSPS) is 13.2. The number of carbonyl (C=O) groups is 1. The molecule has 0 aliphatic rings. The average molecular weight is 531 g/mol. The van der Waals surface area contributed by atoms with Crippen molar-refractivity contribution in [1.82, 2.24) is 0 Å². The first-order valence-corrected chi connectivity index (χ1v) is 21.8. The first kappa shape index (κ1) is 34.8. The number of carbonyl (C=O) groups excluding carboxylic acids is 1. The van der Waals surface area contributed by atoms with Gasteiger partial charge in [-0.3, -0.25) is 4.79 Å². The molecule has 4 nitrogen and oxygen atoms in total. The standard InChI is InChI=1S/C29H62O4Si2/c1-8-9-10-11-12-13-14-15-16-17-18-19-20-21-22-23-24-25-29(30)31-26-28(33-35(5,6)7)27-32-34(2,3)4/h28H,8-27H2,1-7H3. The topological polar surface area (TPSA) is 44.8 Å². The van der Waals surface area contributed by atoms with E-state index in [4.69, 9.17) is 13.6 Å². The number of rotatable bonds is 25. The summed E-state index contributed by atoms with van der Waals surface area (Å²) in [5.41, 5.74) is 0. The molecule has 1 atom stereocenters. The van der Waals surface area contributed by atoms with E-state index in [1.54, 1.807) is 0 Å². The number of hydrogen-bond donors (Lipinski definition) is 0. The van der Waals surface area contributed by atoms with Crippen LogP contribution in [-0.4, -0.2) is 41.9 Å². The van der Waals surface area contributed by atoms with Gasteiger partial charge >= 0.3 is 5.97 Å². The molecule has 35 heavy (non-hydrogen) atoms. The Morgan fingerprint density at radius 2 is 0.971 bits per heavy atom. The molecule has 0 rings (SSSR count). The quantitative estimate of drug-likeness (QED) is 0.0669. The molecule has 0 aliphatic heterocycles. The summed E-state index contributed by atoms with van der Waals surface area (Å²) in [6.45, 7) is 16.1. The molecular formula is C29H62O4Si2. The van der Waals surface area contributed by atoms with Gasteiger partial charge in [0.15, 0.2) is 16.6 Å². The molecule has 0 aromatic heterocycles. The first-order valence-electron chi connectivity index (χ1n) is 15.0. The third-order valence-corrected chi connectivity index (χ3v) is 8.21. The van der Waals surface area contributed by atoms with Crippen molar-refractivity contribution in [3.63, 3.8) is 0 Å². The Morgan fingerprint density at radius 1 is 0.571 bits per heavy atom. The van der Waals surface area contributed by atoms with Crippen molar-refractivity contribution in [2.45, 2.75) is 168 Å². The van der Waals surface area contributed by atoms with Gasteiger partial charge in [0.1, 0.15) is 12.7 Å². The van der Waals surface area contributed by atoms with Gasteiger partial charge in [-0.15, -0.1) is 0 Å².